The highest BCUT2D eigenvalue weighted by atomic mass is 32.1. The second-order valence-electron chi connectivity index (χ2n) is 8.32. The first kappa shape index (κ1) is 18.5. The van der Waals surface area contributed by atoms with E-state index in [1.807, 2.05) is 4.90 Å². The number of ether oxygens (including phenoxy) is 2. The minimum absolute atomic E-state index is 0.0607. The summed E-state index contributed by atoms with van der Waals surface area (Å²) in [6.45, 7) is 2.37. The Labute approximate surface area is 177 Å². The predicted octanol–water partition coefficient (Wildman–Crippen LogP) is 2.77. The van der Waals surface area contributed by atoms with Gasteiger partial charge in [-0.05, 0) is 43.4 Å². The molecule has 1 aliphatic carbocycles. The summed E-state index contributed by atoms with van der Waals surface area (Å²) in [5, 5.41) is 0.743. The number of aromatic nitrogens is 2. The highest BCUT2D eigenvalue weighted by Crippen LogP contribution is 2.35. The van der Waals surface area contributed by atoms with E-state index in [1.165, 1.54) is 10.4 Å². The highest BCUT2D eigenvalue weighted by molar-refractivity contribution is 7.18. The molecule has 1 spiro atoms. The molecular weight excluding hydrogens is 402 g/mol. The highest BCUT2D eigenvalue weighted by Gasteiger charge is 2.41. The summed E-state index contributed by atoms with van der Waals surface area (Å²) < 4.78 is 13.1. The van der Waals surface area contributed by atoms with Gasteiger partial charge >= 0.3 is 0 Å². The van der Waals surface area contributed by atoms with Crippen LogP contribution in [0, 0.1) is 0 Å². The van der Waals surface area contributed by atoms with Crippen LogP contribution in [0.15, 0.2) is 23.1 Å². The molecule has 0 radical (unpaired) electrons. The lowest BCUT2D eigenvalue weighted by atomic mass is 9.97. The van der Waals surface area contributed by atoms with Gasteiger partial charge in [0, 0.05) is 37.0 Å². The lowest BCUT2D eigenvalue weighted by Crippen LogP contribution is -2.47. The number of hydrogen-bond donors (Lipinski definition) is 0. The second kappa shape index (κ2) is 6.87. The number of fused-ring (bicyclic) bond motifs is 4. The van der Waals surface area contributed by atoms with E-state index in [1.54, 1.807) is 34.1 Å². The van der Waals surface area contributed by atoms with Crippen molar-refractivity contribution < 1.29 is 14.3 Å². The van der Waals surface area contributed by atoms with E-state index in [-0.39, 0.29) is 11.5 Å². The molecule has 3 aromatic rings. The van der Waals surface area contributed by atoms with Crippen LogP contribution in [0.5, 0.6) is 0 Å². The first-order valence-corrected chi connectivity index (χ1v) is 11.5. The van der Waals surface area contributed by atoms with Gasteiger partial charge in [0.25, 0.3) is 11.5 Å². The van der Waals surface area contributed by atoms with E-state index >= 15 is 0 Å². The van der Waals surface area contributed by atoms with Crippen LogP contribution in [0.3, 0.4) is 0 Å². The fourth-order valence-corrected chi connectivity index (χ4v) is 6.27. The molecule has 3 aromatic heterocycles. The van der Waals surface area contributed by atoms with E-state index in [2.05, 4.69) is 0 Å². The number of piperidine rings is 1. The summed E-state index contributed by atoms with van der Waals surface area (Å²) in [5.74, 6) is -0.610. The molecule has 1 amide bonds. The third kappa shape index (κ3) is 2.74. The fourth-order valence-electron chi connectivity index (χ4n) is 5.02. The molecule has 2 saturated heterocycles. The zero-order valence-electron chi connectivity index (χ0n) is 16.7. The fraction of sp³-hybridized carbons (Fsp3) is 0.500. The summed E-state index contributed by atoms with van der Waals surface area (Å²) >= 11 is 1.61. The number of aryl methyl sites for hydroxylation is 2. The lowest BCUT2D eigenvalue weighted by Gasteiger charge is -2.37. The van der Waals surface area contributed by atoms with E-state index in [4.69, 9.17) is 14.5 Å². The van der Waals surface area contributed by atoms with Crippen molar-refractivity contribution in [1.29, 1.82) is 0 Å². The van der Waals surface area contributed by atoms with Crippen LogP contribution in [-0.2, 0) is 22.3 Å². The second-order valence-corrected chi connectivity index (χ2v) is 9.41. The van der Waals surface area contributed by atoms with Crippen LogP contribution < -0.4 is 5.56 Å². The Balaban J connectivity index is 1.40. The van der Waals surface area contributed by atoms with Crippen molar-refractivity contribution in [2.75, 3.05) is 26.3 Å². The van der Waals surface area contributed by atoms with Gasteiger partial charge < -0.3 is 14.4 Å². The Morgan fingerprint density at radius 3 is 2.70 bits per heavy atom. The maximum atomic E-state index is 13.4. The molecule has 3 aliphatic rings. The third-order valence-electron chi connectivity index (χ3n) is 6.62. The zero-order chi connectivity index (χ0) is 20.3. The van der Waals surface area contributed by atoms with Gasteiger partial charge in [-0.15, -0.1) is 11.3 Å². The average molecular weight is 426 g/mol. The molecule has 8 heteroatoms. The van der Waals surface area contributed by atoms with Crippen molar-refractivity contribution in [1.82, 2.24) is 14.3 Å². The molecule has 0 saturated carbocycles. The van der Waals surface area contributed by atoms with Crippen LogP contribution in [0.1, 0.15) is 46.5 Å². The summed E-state index contributed by atoms with van der Waals surface area (Å²) in [6, 6.07) is 3.54. The van der Waals surface area contributed by atoms with E-state index in [0.717, 1.165) is 35.9 Å². The van der Waals surface area contributed by atoms with Gasteiger partial charge in [0.1, 0.15) is 4.83 Å². The molecule has 0 atom stereocenters. The number of hydrogen-bond acceptors (Lipinski definition) is 6. The molecule has 6 rings (SSSR count). The standard InChI is InChI=1S/C22H23N3O4S/c26-20(24-10-7-22(8-11-24)28-12-13-29-22)15-5-3-9-25-18(15)23-19-17(21(25)27)14-4-1-2-6-16(14)30-19/h3,5,9H,1-2,4,6-8,10-13H2. The summed E-state index contributed by atoms with van der Waals surface area (Å²) in [4.78, 5) is 35.3. The predicted molar refractivity (Wildman–Crippen MR) is 113 cm³/mol. The van der Waals surface area contributed by atoms with Gasteiger partial charge in [0.15, 0.2) is 11.4 Å². The Bertz CT molecular complexity index is 1210. The maximum absolute atomic E-state index is 13.4. The number of amides is 1. The number of nitrogens with zero attached hydrogens (tertiary/aromatic N) is 3. The summed E-state index contributed by atoms with van der Waals surface area (Å²) in [6.07, 6.45) is 7.28. The Morgan fingerprint density at radius 1 is 1.13 bits per heavy atom. The molecule has 0 unspecified atom stereocenters. The van der Waals surface area contributed by atoms with Gasteiger partial charge in [0.2, 0.25) is 0 Å². The molecule has 2 aliphatic heterocycles. The topological polar surface area (TPSA) is 73.1 Å². The van der Waals surface area contributed by atoms with Crippen molar-refractivity contribution in [2.24, 2.45) is 0 Å². The molecule has 0 aromatic carbocycles. The first-order chi connectivity index (χ1) is 14.7. The molecular formula is C22H23N3O4S. The van der Waals surface area contributed by atoms with Gasteiger partial charge in [-0.3, -0.25) is 14.0 Å². The minimum atomic E-state index is -0.521. The first-order valence-electron chi connectivity index (χ1n) is 10.7. The van der Waals surface area contributed by atoms with Crippen molar-refractivity contribution >= 4 is 33.1 Å². The van der Waals surface area contributed by atoms with Crippen LogP contribution in [-0.4, -0.2) is 52.3 Å². The quantitative estimate of drug-likeness (QED) is 0.600. The van der Waals surface area contributed by atoms with Crippen LogP contribution in [0.2, 0.25) is 0 Å². The van der Waals surface area contributed by atoms with E-state index in [0.29, 0.717) is 50.4 Å². The third-order valence-corrected chi connectivity index (χ3v) is 7.80. The van der Waals surface area contributed by atoms with Crippen molar-refractivity contribution in [3.63, 3.8) is 0 Å². The molecule has 30 heavy (non-hydrogen) atoms. The number of carbonyl (C=O) groups is 1. The largest absolute Gasteiger partial charge is 0.347 e. The van der Waals surface area contributed by atoms with Crippen LogP contribution in [0.4, 0.5) is 0 Å². The monoisotopic (exact) mass is 425 g/mol. The summed E-state index contributed by atoms with van der Waals surface area (Å²) in [7, 11) is 0. The van der Waals surface area contributed by atoms with Gasteiger partial charge in [-0.1, -0.05) is 0 Å². The Hall–Kier alpha value is -2.29. The lowest BCUT2D eigenvalue weighted by molar-refractivity contribution is -0.181. The van der Waals surface area contributed by atoms with E-state index in [9.17, 15) is 9.59 Å². The van der Waals surface area contributed by atoms with Crippen molar-refractivity contribution in [3.05, 3.63) is 44.7 Å². The number of carbonyl (C=O) groups excluding carboxylic acids is 1. The molecule has 0 N–H and O–H groups in total. The van der Waals surface area contributed by atoms with E-state index < -0.39 is 5.79 Å². The molecule has 156 valence electrons. The normalized spacial score (nSPS) is 20.9. The van der Waals surface area contributed by atoms with Crippen molar-refractivity contribution in [3.8, 4) is 0 Å². The number of rotatable bonds is 1. The molecule has 5 heterocycles. The van der Waals surface area contributed by atoms with Crippen LogP contribution >= 0.6 is 11.3 Å². The maximum Gasteiger partial charge on any atom is 0.266 e. The number of thiophene rings is 1. The molecule has 7 nitrogen and oxygen atoms in total. The zero-order valence-corrected chi connectivity index (χ0v) is 17.5. The van der Waals surface area contributed by atoms with Gasteiger partial charge in [0.05, 0.1) is 24.2 Å². The van der Waals surface area contributed by atoms with Crippen LogP contribution in [0.25, 0.3) is 15.9 Å². The van der Waals surface area contributed by atoms with Crippen molar-refractivity contribution in [2.45, 2.75) is 44.3 Å². The molecule has 0 bridgehead atoms. The minimum Gasteiger partial charge on any atom is -0.347 e. The smallest absolute Gasteiger partial charge is 0.266 e. The van der Waals surface area contributed by atoms with Gasteiger partial charge in [-0.2, -0.15) is 0 Å². The average Bonchev–Trinajstić information content (AvgIpc) is 3.38. The Morgan fingerprint density at radius 2 is 1.90 bits per heavy atom. The molecule has 2 fully saturated rings. The van der Waals surface area contributed by atoms with Gasteiger partial charge in [-0.25, -0.2) is 4.98 Å². The summed E-state index contributed by atoms with van der Waals surface area (Å²) in [5.41, 5.74) is 2.04. The number of pyridine rings is 1. The SMILES string of the molecule is O=C(c1cccn2c(=O)c3c4c(sc3nc12)CCCC4)N1CCC2(CC1)OCCO2. The number of likely N-dealkylation sites (tertiary alicyclic amines) is 1. The Kier molecular flexibility index (Phi) is 4.23.